The average molecular weight is 284 g/mol. The first-order valence-electron chi connectivity index (χ1n) is 6.16. The topological polar surface area (TPSA) is 47.2 Å². The summed E-state index contributed by atoms with van der Waals surface area (Å²) in [5.74, 6) is -0.921. The van der Waals surface area contributed by atoms with Crippen molar-refractivity contribution in [2.45, 2.75) is 19.4 Å². The van der Waals surface area contributed by atoms with E-state index in [4.69, 9.17) is 0 Å². The monoisotopic (exact) mass is 284 g/mol. The van der Waals surface area contributed by atoms with E-state index in [0.29, 0.717) is 19.9 Å². The number of quaternary nitrogens is 1. The summed E-state index contributed by atoms with van der Waals surface area (Å²) >= 11 is 0. The quantitative estimate of drug-likeness (QED) is 0.854. The molecule has 1 aliphatic rings. The van der Waals surface area contributed by atoms with E-state index in [1.165, 1.54) is 4.68 Å². The van der Waals surface area contributed by atoms with E-state index in [1.807, 2.05) is 30.3 Å². The second-order valence-corrected chi connectivity index (χ2v) is 4.68. The predicted octanol–water partition coefficient (Wildman–Crippen LogP) is 0.722. The van der Waals surface area contributed by atoms with E-state index in [1.54, 1.807) is 0 Å². The fraction of sp³-hybridized carbons (Fsp3) is 0.333. The Balaban J connectivity index is 1.74. The number of hydrogen-bond acceptors (Lipinski definition) is 3. The molecule has 3 rings (SSSR count). The molecule has 0 spiro atoms. The van der Waals surface area contributed by atoms with Crippen molar-refractivity contribution < 1.29 is 18.1 Å². The number of aromatic nitrogens is 3. The largest absolute Gasteiger partial charge is 0.453 e. The molecule has 0 amide bonds. The highest BCUT2D eigenvalue weighted by Gasteiger charge is 2.38. The maximum Gasteiger partial charge on any atom is 0.453 e. The van der Waals surface area contributed by atoms with Crippen LogP contribution in [0.25, 0.3) is 0 Å². The Morgan fingerprint density at radius 1 is 1.25 bits per heavy atom. The van der Waals surface area contributed by atoms with Gasteiger partial charge in [0.2, 0.25) is 5.95 Å². The molecule has 0 aliphatic carbocycles. The third-order valence-corrected chi connectivity index (χ3v) is 3.09. The third kappa shape index (κ3) is 2.60. The molecule has 0 bridgehead atoms. The molecular formula is C12H13F3N5+. The summed E-state index contributed by atoms with van der Waals surface area (Å²) in [6.45, 7) is 1.60. The second-order valence-electron chi connectivity index (χ2n) is 4.68. The molecule has 106 valence electrons. The highest BCUT2D eigenvalue weighted by molar-refractivity contribution is 5.25. The lowest BCUT2D eigenvalue weighted by atomic mass is 10.2. The van der Waals surface area contributed by atoms with Crippen LogP contribution in [0.3, 0.4) is 0 Å². The van der Waals surface area contributed by atoms with Crippen molar-refractivity contribution in [3.63, 3.8) is 0 Å². The number of fused-ring (bicyclic) bond motifs is 1. The van der Waals surface area contributed by atoms with Crippen LogP contribution in [0.1, 0.15) is 11.4 Å². The summed E-state index contributed by atoms with van der Waals surface area (Å²) in [5.41, 5.74) is 1.13. The molecule has 2 N–H and O–H groups in total. The fourth-order valence-electron chi connectivity index (χ4n) is 2.18. The minimum absolute atomic E-state index is 0.175. The van der Waals surface area contributed by atoms with Crippen LogP contribution in [0, 0.1) is 0 Å². The zero-order chi connectivity index (χ0) is 14.2. The van der Waals surface area contributed by atoms with Gasteiger partial charge in [0.25, 0.3) is 5.82 Å². The van der Waals surface area contributed by atoms with Gasteiger partial charge >= 0.3 is 6.18 Å². The Morgan fingerprint density at radius 2 is 2.00 bits per heavy atom. The van der Waals surface area contributed by atoms with Crippen molar-refractivity contribution in [2.24, 2.45) is 0 Å². The molecule has 2 heterocycles. The van der Waals surface area contributed by atoms with Crippen LogP contribution in [0.15, 0.2) is 30.3 Å². The van der Waals surface area contributed by atoms with Crippen LogP contribution in [0.5, 0.6) is 0 Å². The number of rotatable bonds is 2. The van der Waals surface area contributed by atoms with Crippen LogP contribution in [0.4, 0.5) is 19.1 Å². The molecule has 1 aliphatic heterocycles. The van der Waals surface area contributed by atoms with Gasteiger partial charge in [0, 0.05) is 5.56 Å². The number of halogens is 3. The maximum absolute atomic E-state index is 12.5. The molecule has 0 saturated carbocycles. The SMILES string of the molecule is FC(F)(F)c1nc2n(n1)C[NH+](Cc1ccccc1)CN2. The minimum Gasteiger partial charge on any atom is -0.307 e. The number of anilines is 1. The standard InChI is InChI=1S/C12H12F3N5/c13-12(14,15)10-17-11-16-7-19(8-20(11)18-10)6-9-4-2-1-3-5-9/h1-5H,6-8H2,(H,16,17,18)/p+1. The van der Waals surface area contributed by atoms with Crippen LogP contribution in [-0.2, 0) is 19.4 Å². The Morgan fingerprint density at radius 3 is 2.70 bits per heavy atom. The predicted molar refractivity (Wildman–Crippen MR) is 64.6 cm³/mol. The van der Waals surface area contributed by atoms with E-state index in [0.717, 1.165) is 10.5 Å². The number of nitrogens with one attached hydrogen (secondary N) is 2. The van der Waals surface area contributed by atoms with Gasteiger partial charge in [-0.1, -0.05) is 30.3 Å². The van der Waals surface area contributed by atoms with Crippen LogP contribution < -0.4 is 10.2 Å². The lowest BCUT2D eigenvalue weighted by Gasteiger charge is -2.24. The van der Waals surface area contributed by atoms with Gasteiger partial charge in [0.1, 0.15) is 6.54 Å². The molecule has 5 nitrogen and oxygen atoms in total. The Bertz CT molecular complexity index is 593. The number of alkyl halides is 3. The van der Waals surface area contributed by atoms with Crippen molar-refractivity contribution in [1.29, 1.82) is 0 Å². The molecular weight excluding hydrogens is 271 g/mol. The molecule has 1 unspecified atom stereocenters. The Kier molecular flexibility index (Phi) is 3.09. The first-order valence-corrected chi connectivity index (χ1v) is 6.16. The number of nitrogens with zero attached hydrogens (tertiary/aromatic N) is 3. The summed E-state index contributed by atoms with van der Waals surface area (Å²) in [6.07, 6.45) is -4.51. The van der Waals surface area contributed by atoms with Crippen molar-refractivity contribution in [1.82, 2.24) is 14.8 Å². The lowest BCUT2D eigenvalue weighted by Crippen LogP contribution is -3.12. The summed E-state index contributed by atoms with van der Waals surface area (Å²) in [7, 11) is 0. The van der Waals surface area contributed by atoms with Gasteiger partial charge < -0.3 is 5.32 Å². The van der Waals surface area contributed by atoms with Crippen molar-refractivity contribution in [2.75, 3.05) is 12.0 Å². The van der Waals surface area contributed by atoms with Crippen molar-refractivity contribution >= 4 is 5.95 Å². The van der Waals surface area contributed by atoms with E-state index < -0.39 is 12.0 Å². The smallest absolute Gasteiger partial charge is 0.307 e. The van der Waals surface area contributed by atoms with Gasteiger partial charge in [-0.25, -0.2) is 0 Å². The molecule has 0 fully saturated rings. The number of hydrogen-bond donors (Lipinski definition) is 2. The van der Waals surface area contributed by atoms with Gasteiger partial charge in [0.05, 0.1) is 0 Å². The summed E-state index contributed by atoms with van der Waals surface area (Å²) < 4.78 is 38.9. The first kappa shape index (κ1) is 12.9. The molecule has 1 aromatic carbocycles. The van der Waals surface area contributed by atoms with Crippen LogP contribution in [0.2, 0.25) is 0 Å². The lowest BCUT2D eigenvalue weighted by molar-refractivity contribution is -0.936. The van der Waals surface area contributed by atoms with Crippen molar-refractivity contribution in [3.05, 3.63) is 41.7 Å². The Labute approximate surface area is 113 Å². The Hall–Kier alpha value is -2.09. The van der Waals surface area contributed by atoms with Crippen LogP contribution in [-0.4, -0.2) is 21.4 Å². The van der Waals surface area contributed by atoms with Crippen LogP contribution >= 0.6 is 0 Å². The van der Waals surface area contributed by atoms with Gasteiger partial charge in [-0.3, -0.25) is 4.90 Å². The molecule has 0 saturated heterocycles. The first-order chi connectivity index (χ1) is 9.52. The minimum atomic E-state index is -4.51. The van der Waals surface area contributed by atoms with Gasteiger partial charge in [-0.15, -0.1) is 5.10 Å². The molecule has 2 aromatic rings. The second kappa shape index (κ2) is 4.78. The maximum atomic E-state index is 12.5. The normalized spacial score (nSPS) is 18.4. The summed E-state index contributed by atoms with van der Waals surface area (Å²) in [4.78, 5) is 4.54. The van der Waals surface area contributed by atoms with Crippen molar-refractivity contribution in [3.8, 4) is 0 Å². The highest BCUT2D eigenvalue weighted by atomic mass is 19.4. The fourth-order valence-corrected chi connectivity index (χ4v) is 2.18. The molecule has 1 atom stereocenters. The van der Waals surface area contributed by atoms with Gasteiger partial charge in [0.15, 0.2) is 13.3 Å². The van der Waals surface area contributed by atoms with E-state index in [2.05, 4.69) is 15.4 Å². The number of benzene rings is 1. The zero-order valence-electron chi connectivity index (χ0n) is 10.5. The summed E-state index contributed by atoms with van der Waals surface area (Å²) in [5, 5.41) is 6.39. The third-order valence-electron chi connectivity index (χ3n) is 3.09. The highest BCUT2D eigenvalue weighted by Crippen LogP contribution is 2.27. The van der Waals surface area contributed by atoms with E-state index >= 15 is 0 Å². The van der Waals surface area contributed by atoms with E-state index in [9.17, 15) is 13.2 Å². The molecule has 8 heteroatoms. The molecule has 1 aromatic heterocycles. The van der Waals surface area contributed by atoms with Gasteiger partial charge in [-0.2, -0.15) is 22.8 Å². The molecule has 20 heavy (non-hydrogen) atoms. The van der Waals surface area contributed by atoms with Gasteiger partial charge in [-0.05, 0) is 0 Å². The molecule has 0 radical (unpaired) electrons. The zero-order valence-corrected chi connectivity index (χ0v) is 10.5. The van der Waals surface area contributed by atoms with E-state index in [-0.39, 0.29) is 5.95 Å². The average Bonchev–Trinajstić information content (AvgIpc) is 2.83. The summed E-state index contributed by atoms with van der Waals surface area (Å²) in [6, 6.07) is 9.79.